The van der Waals surface area contributed by atoms with E-state index in [4.69, 9.17) is 4.98 Å². The largest absolute Gasteiger partial charge is 0.309 e. The zero-order valence-electron chi connectivity index (χ0n) is 27.5. The average Bonchev–Trinajstić information content (AvgIpc) is 3.86. The van der Waals surface area contributed by atoms with Gasteiger partial charge in [-0.25, -0.2) is 4.98 Å². The van der Waals surface area contributed by atoms with Gasteiger partial charge in [-0.3, -0.25) is 4.57 Å². The third kappa shape index (κ3) is 4.21. The van der Waals surface area contributed by atoms with Crippen molar-refractivity contribution in [3.63, 3.8) is 0 Å². The molecule has 0 spiro atoms. The molecule has 0 atom stereocenters. The molecule has 11 rings (SSSR count). The number of hydrogen-bond acceptors (Lipinski definition) is 2. The highest BCUT2D eigenvalue weighted by molar-refractivity contribution is 7.26. The predicted molar refractivity (Wildman–Crippen MR) is 217 cm³/mol. The fourth-order valence-corrected chi connectivity index (χ4v) is 9.34. The maximum atomic E-state index is 5.56. The summed E-state index contributed by atoms with van der Waals surface area (Å²) in [6, 6.07) is 63.4. The van der Waals surface area contributed by atoms with Crippen molar-refractivity contribution < 1.29 is 0 Å². The predicted octanol–water partition coefficient (Wildman–Crippen LogP) is 13.0. The molecule has 0 saturated carbocycles. The summed E-state index contributed by atoms with van der Waals surface area (Å²) in [7, 11) is 0. The fraction of sp³-hybridized carbons (Fsp3) is 0. The Morgan fingerprint density at radius 3 is 1.92 bits per heavy atom. The minimum atomic E-state index is 0.900. The molecule has 0 radical (unpaired) electrons. The third-order valence-electron chi connectivity index (χ3n) is 10.3. The van der Waals surface area contributed by atoms with Crippen LogP contribution >= 0.6 is 11.3 Å². The summed E-state index contributed by atoms with van der Waals surface area (Å²) in [5.41, 5.74) is 10.2. The first-order chi connectivity index (χ1) is 25.3. The summed E-state index contributed by atoms with van der Waals surface area (Å²) >= 11 is 1.85. The first kappa shape index (κ1) is 28.4. The summed E-state index contributed by atoms with van der Waals surface area (Å²) in [5, 5.41) is 7.49. The van der Waals surface area contributed by atoms with E-state index in [9.17, 15) is 0 Å². The molecule has 0 fully saturated rings. The van der Waals surface area contributed by atoms with E-state index in [0.29, 0.717) is 0 Å². The number of aromatic nitrogens is 3. The van der Waals surface area contributed by atoms with Gasteiger partial charge in [0.25, 0.3) is 0 Å². The van der Waals surface area contributed by atoms with Crippen molar-refractivity contribution in [3.05, 3.63) is 176 Å². The van der Waals surface area contributed by atoms with Gasteiger partial charge >= 0.3 is 0 Å². The molecule has 0 unspecified atom stereocenters. The molecule has 0 bridgehead atoms. The highest BCUT2D eigenvalue weighted by Crippen LogP contribution is 2.44. The van der Waals surface area contributed by atoms with Gasteiger partial charge in [-0.15, -0.1) is 11.3 Å². The Kier molecular flexibility index (Phi) is 6.12. The maximum absolute atomic E-state index is 5.56. The van der Waals surface area contributed by atoms with Crippen LogP contribution in [0.3, 0.4) is 0 Å². The van der Waals surface area contributed by atoms with Crippen LogP contribution in [0.25, 0.3) is 97.7 Å². The number of pyridine rings is 1. The van der Waals surface area contributed by atoms with E-state index in [1.807, 2.05) is 11.3 Å². The third-order valence-corrected chi connectivity index (χ3v) is 11.5. The van der Waals surface area contributed by atoms with E-state index in [1.165, 1.54) is 58.3 Å². The summed E-state index contributed by atoms with van der Waals surface area (Å²) in [5.74, 6) is 0.900. The van der Waals surface area contributed by atoms with Crippen LogP contribution < -0.4 is 0 Å². The van der Waals surface area contributed by atoms with Crippen LogP contribution in [0.1, 0.15) is 0 Å². The van der Waals surface area contributed by atoms with Gasteiger partial charge in [-0.05, 0) is 59.7 Å². The molecule has 0 aliphatic heterocycles. The number of nitrogens with zero attached hydrogens (tertiary/aromatic N) is 3. The number of benzene rings is 7. The molecule has 0 amide bonds. The normalized spacial score (nSPS) is 11.9. The van der Waals surface area contributed by atoms with Crippen molar-refractivity contribution in [2.75, 3.05) is 0 Å². The van der Waals surface area contributed by atoms with Gasteiger partial charge in [0.1, 0.15) is 5.82 Å². The average molecular weight is 668 g/mol. The van der Waals surface area contributed by atoms with Crippen LogP contribution in [-0.2, 0) is 0 Å². The van der Waals surface area contributed by atoms with Gasteiger partial charge in [-0.2, -0.15) is 0 Å². The molecule has 7 aromatic carbocycles. The zero-order chi connectivity index (χ0) is 33.5. The van der Waals surface area contributed by atoms with Crippen molar-refractivity contribution in [2.24, 2.45) is 0 Å². The SMILES string of the molecule is c1ccc(-c2cc(-c3cccc4c3sc3ccccc34)nc(-n3c4ccccc4c4c3ccc3c5ccccc5n(-c5ccccc5)c34)c2)cc1. The molecule has 4 heteroatoms. The van der Waals surface area contributed by atoms with Gasteiger partial charge < -0.3 is 4.57 Å². The van der Waals surface area contributed by atoms with Crippen molar-refractivity contribution in [1.82, 2.24) is 14.1 Å². The quantitative estimate of drug-likeness (QED) is 0.183. The smallest absolute Gasteiger partial charge is 0.138 e. The second-order valence-electron chi connectivity index (χ2n) is 13.1. The molecule has 4 aromatic heterocycles. The highest BCUT2D eigenvalue weighted by Gasteiger charge is 2.22. The first-order valence-electron chi connectivity index (χ1n) is 17.3. The van der Waals surface area contributed by atoms with Crippen LogP contribution in [0.5, 0.6) is 0 Å². The first-order valence-corrected chi connectivity index (χ1v) is 18.1. The van der Waals surface area contributed by atoms with Crippen LogP contribution in [0, 0.1) is 0 Å². The zero-order valence-corrected chi connectivity index (χ0v) is 28.3. The molecule has 51 heavy (non-hydrogen) atoms. The lowest BCUT2D eigenvalue weighted by Crippen LogP contribution is -2.00. The lowest BCUT2D eigenvalue weighted by Gasteiger charge is -2.13. The van der Waals surface area contributed by atoms with Gasteiger partial charge in [0.05, 0.1) is 27.8 Å². The molecule has 0 saturated heterocycles. The van der Waals surface area contributed by atoms with Crippen LogP contribution in [-0.4, -0.2) is 14.1 Å². The Labute approximate surface area is 297 Å². The molecular formula is C47H29N3S. The lowest BCUT2D eigenvalue weighted by atomic mass is 10.0. The Morgan fingerprint density at radius 1 is 0.431 bits per heavy atom. The molecule has 3 nitrogen and oxygen atoms in total. The van der Waals surface area contributed by atoms with Crippen molar-refractivity contribution >= 4 is 75.1 Å². The lowest BCUT2D eigenvalue weighted by molar-refractivity contribution is 1.09. The van der Waals surface area contributed by atoms with Gasteiger partial charge in [0.15, 0.2) is 0 Å². The molecule has 4 heterocycles. The Hall–Kier alpha value is -6.49. The fourth-order valence-electron chi connectivity index (χ4n) is 8.12. The summed E-state index contributed by atoms with van der Waals surface area (Å²) < 4.78 is 7.36. The summed E-state index contributed by atoms with van der Waals surface area (Å²) in [4.78, 5) is 5.56. The highest BCUT2D eigenvalue weighted by atomic mass is 32.1. The monoisotopic (exact) mass is 667 g/mol. The minimum absolute atomic E-state index is 0.900. The number of para-hydroxylation sites is 3. The molecule has 0 aliphatic rings. The van der Waals surface area contributed by atoms with E-state index in [-0.39, 0.29) is 0 Å². The van der Waals surface area contributed by atoms with Crippen molar-refractivity contribution in [1.29, 1.82) is 0 Å². The number of rotatable bonds is 4. The van der Waals surface area contributed by atoms with E-state index >= 15 is 0 Å². The second kappa shape index (κ2) is 11.0. The Morgan fingerprint density at radius 2 is 1.10 bits per heavy atom. The number of thiophene rings is 1. The van der Waals surface area contributed by atoms with E-state index < -0.39 is 0 Å². The van der Waals surface area contributed by atoms with Gasteiger partial charge in [-0.1, -0.05) is 127 Å². The van der Waals surface area contributed by atoms with Crippen LogP contribution in [0.15, 0.2) is 176 Å². The molecule has 0 N–H and O–H groups in total. The van der Waals surface area contributed by atoms with Crippen LogP contribution in [0.2, 0.25) is 0 Å². The van der Waals surface area contributed by atoms with Crippen molar-refractivity contribution in [3.8, 4) is 33.9 Å². The summed E-state index contributed by atoms with van der Waals surface area (Å²) in [6.07, 6.45) is 0. The van der Waals surface area contributed by atoms with Crippen molar-refractivity contribution in [2.45, 2.75) is 0 Å². The van der Waals surface area contributed by atoms with E-state index in [2.05, 4.69) is 185 Å². The second-order valence-corrected chi connectivity index (χ2v) is 14.2. The molecule has 0 aliphatic carbocycles. The van der Waals surface area contributed by atoms with Crippen LogP contribution in [0.4, 0.5) is 0 Å². The molecule has 238 valence electrons. The Bertz CT molecular complexity index is 3130. The van der Waals surface area contributed by atoms with E-state index in [0.717, 1.165) is 39.4 Å². The topological polar surface area (TPSA) is 22.8 Å². The molecular weight excluding hydrogens is 639 g/mol. The standard InChI is InChI=1S/C47H29N3S/c1-3-14-30(15-4-1)31-28-39(37-22-13-21-36-34-19-9-12-25-43(34)51-47(36)37)48-44(29-31)50-41-24-11-8-20-38(41)45-42(50)27-26-35-33-18-7-10-23-40(33)49(46(35)45)32-16-5-2-6-17-32/h1-29H. The number of fused-ring (bicyclic) bond motifs is 10. The summed E-state index contributed by atoms with van der Waals surface area (Å²) in [6.45, 7) is 0. The molecule has 11 aromatic rings. The van der Waals surface area contributed by atoms with Gasteiger partial charge in [0.2, 0.25) is 0 Å². The maximum Gasteiger partial charge on any atom is 0.138 e. The van der Waals surface area contributed by atoms with Gasteiger partial charge in [0, 0.05) is 53.0 Å². The van der Waals surface area contributed by atoms with E-state index in [1.54, 1.807) is 0 Å². The minimum Gasteiger partial charge on any atom is -0.309 e. The Balaban J connectivity index is 1.26. The number of hydrogen-bond donors (Lipinski definition) is 0.